The number of esters is 2. The molecule has 2 unspecified atom stereocenters. The molecule has 6 saturated carbocycles. The van der Waals surface area contributed by atoms with E-state index in [2.05, 4.69) is 20.7 Å². The second-order valence-corrected chi connectivity index (χ2v) is 26.9. The summed E-state index contributed by atoms with van der Waals surface area (Å²) in [7, 11) is 2.63. The third-order valence-electron chi connectivity index (χ3n) is 17.5. The summed E-state index contributed by atoms with van der Waals surface area (Å²) in [5, 5.41) is 18.3. The number of nitrogens with two attached hydrogens (primary N) is 1. The van der Waals surface area contributed by atoms with Crippen LogP contribution in [0.25, 0.3) is 0 Å². The van der Waals surface area contributed by atoms with E-state index in [9.17, 15) is 53.1 Å². The lowest BCUT2D eigenvalue weighted by atomic mass is 9.38. The molecule has 6 N–H and O–H groups in total. The number of carbonyl (C=O) groups excluding carboxylic acids is 9. The van der Waals surface area contributed by atoms with Gasteiger partial charge in [-0.25, -0.2) is 19.2 Å². The van der Waals surface area contributed by atoms with Crippen LogP contribution in [0.1, 0.15) is 162 Å². The van der Waals surface area contributed by atoms with Crippen LogP contribution in [0.5, 0.6) is 0 Å². The zero-order valence-corrected chi connectivity index (χ0v) is 52.1. The Bertz CT molecular complexity index is 3280. The number of amides is 5. The van der Waals surface area contributed by atoms with Crippen molar-refractivity contribution in [2.24, 2.45) is 16.6 Å². The predicted octanol–water partition coefficient (Wildman–Crippen LogP) is 8.11. The maximum absolute atomic E-state index is 13.8. The minimum Gasteiger partial charge on any atom is -0.480 e. The van der Waals surface area contributed by atoms with Crippen LogP contribution in [-0.4, -0.2) is 135 Å². The molecule has 6 fully saturated rings. The van der Waals surface area contributed by atoms with E-state index in [1.54, 1.807) is 48.5 Å². The normalized spacial score (nSPS) is 23.7. The van der Waals surface area contributed by atoms with Gasteiger partial charge < -0.3 is 55.5 Å². The van der Waals surface area contributed by atoms with Crippen LogP contribution in [0, 0.1) is 10.8 Å². The average Bonchev–Trinajstić information content (AvgIpc) is 0.694. The SMILES string of the molecule is COC(=O)C(CC12CC(NC(=O)OC(C)(C)C)(C1)C2)NC(=O)[C@@H]1Cc2ccccc2CN1C(=O)CCC(=O)c1ccccc1.COC(=O)C(N)CC12CC(NC(=O)OC(C)(C)C)(C1)C2.O=C(CCC(=O)N1Cc2ccccc2C[C@H]1C(=O)O)c1ccccc1. The first-order chi connectivity index (χ1) is 42.0. The molecule has 4 bridgehead atoms. The minimum atomic E-state index is -1.02. The van der Waals surface area contributed by atoms with Crippen LogP contribution in [0.4, 0.5) is 9.59 Å². The van der Waals surface area contributed by atoms with Gasteiger partial charge in [-0.15, -0.1) is 0 Å². The highest BCUT2D eigenvalue weighted by Gasteiger charge is 2.70. The number of benzene rings is 4. The van der Waals surface area contributed by atoms with Crippen molar-refractivity contribution in [2.45, 2.75) is 191 Å². The molecule has 21 nitrogen and oxygen atoms in total. The fraction of sp³-hybridized carbons (Fsp3) is 0.500. The molecule has 5 amide bonds. The molecule has 0 aromatic heterocycles. The van der Waals surface area contributed by atoms with E-state index in [-0.39, 0.29) is 96.1 Å². The Balaban J connectivity index is 0.000000191. The molecule has 476 valence electrons. The number of carboxylic acid groups (broad SMARTS) is 1. The van der Waals surface area contributed by atoms with Crippen molar-refractivity contribution in [3.05, 3.63) is 143 Å². The monoisotopic (exact) mass is 1220 g/mol. The summed E-state index contributed by atoms with van der Waals surface area (Å²) in [6, 6.07) is 29.6. The summed E-state index contributed by atoms with van der Waals surface area (Å²) in [6.45, 7) is 11.4. The number of carbonyl (C=O) groups is 10. The van der Waals surface area contributed by atoms with E-state index < -0.39 is 59.3 Å². The number of methoxy groups -OCH3 is 2. The Hall–Kier alpha value is -8.46. The van der Waals surface area contributed by atoms with Crippen molar-refractivity contribution in [3.8, 4) is 0 Å². The number of rotatable bonds is 19. The van der Waals surface area contributed by atoms with Crippen molar-refractivity contribution >= 4 is 59.4 Å². The van der Waals surface area contributed by atoms with Crippen molar-refractivity contribution < 1.29 is 72.0 Å². The largest absolute Gasteiger partial charge is 0.480 e. The Morgan fingerprint density at radius 2 is 0.899 bits per heavy atom. The van der Waals surface area contributed by atoms with Gasteiger partial charge >= 0.3 is 30.1 Å². The molecular formula is C68H84N6O15. The number of hydrogen-bond acceptors (Lipinski definition) is 15. The summed E-state index contributed by atoms with van der Waals surface area (Å²) in [5.74, 6) is -3.23. The van der Waals surface area contributed by atoms with Gasteiger partial charge in [-0.3, -0.25) is 28.8 Å². The van der Waals surface area contributed by atoms with Crippen molar-refractivity contribution in [1.29, 1.82) is 0 Å². The van der Waals surface area contributed by atoms with Crippen LogP contribution >= 0.6 is 0 Å². The van der Waals surface area contributed by atoms with Crippen LogP contribution in [0.3, 0.4) is 0 Å². The Kier molecular flexibility index (Phi) is 20.3. The second-order valence-electron chi connectivity index (χ2n) is 26.9. The molecule has 4 atom stereocenters. The molecule has 4 aromatic rings. The average molecular weight is 1230 g/mol. The maximum atomic E-state index is 13.8. The number of nitrogens with one attached hydrogen (secondary N) is 3. The third-order valence-corrected chi connectivity index (χ3v) is 17.5. The van der Waals surface area contributed by atoms with Gasteiger partial charge in [-0.05, 0) is 126 Å². The molecule has 12 rings (SSSR count). The number of ketones is 2. The maximum Gasteiger partial charge on any atom is 0.408 e. The van der Waals surface area contributed by atoms with Crippen LogP contribution in [0.15, 0.2) is 109 Å². The first kappa shape index (κ1) is 66.5. The Labute approximate surface area is 519 Å². The molecule has 4 aromatic carbocycles. The molecule has 0 radical (unpaired) electrons. The lowest BCUT2D eigenvalue weighted by Gasteiger charge is -2.71. The molecule has 6 aliphatic carbocycles. The molecule has 8 aliphatic rings. The Morgan fingerprint density at radius 3 is 1.29 bits per heavy atom. The smallest absolute Gasteiger partial charge is 0.408 e. The second kappa shape index (κ2) is 27.1. The van der Waals surface area contributed by atoms with Gasteiger partial charge in [0.2, 0.25) is 17.7 Å². The van der Waals surface area contributed by atoms with Gasteiger partial charge in [-0.2, -0.15) is 0 Å². The molecule has 2 aliphatic heterocycles. The number of fused-ring (bicyclic) bond motifs is 2. The van der Waals surface area contributed by atoms with E-state index in [0.717, 1.165) is 41.5 Å². The number of Topliss-reactive ketones (excluding diaryl/α,β-unsaturated/α-hetero) is 2. The van der Waals surface area contributed by atoms with Crippen LogP contribution in [-0.2, 0) is 73.6 Å². The highest BCUT2D eigenvalue weighted by Crippen LogP contribution is 2.70. The van der Waals surface area contributed by atoms with E-state index in [0.29, 0.717) is 56.1 Å². The topological polar surface area (TPSA) is 296 Å². The number of carboxylic acids is 1. The predicted molar refractivity (Wildman–Crippen MR) is 327 cm³/mol. The van der Waals surface area contributed by atoms with Crippen molar-refractivity contribution in [2.75, 3.05) is 14.2 Å². The van der Waals surface area contributed by atoms with Crippen molar-refractivity contribution in [3.63, 3.8) is 0 Å². The summed E-state index contributed by atoms with van der Waals surface area (Å²) in [5.41, 5.74) is 9.04. The standard InChI is InChI=1S/C34H41N3O7.C20H19NO4.C14H24N2O4/c1-32(2,3)44-31(42)36-34-19-33(20-34,21-34)17-25(30(41)43-4)35-29(40)26-16-23-12-8-9-13-24(23)18-37(26)28(39)15-14-27(38)22-10-6-5-7-11-22;22-18(14-6-2-1-3-7-14)10-11-19(23)21-13-16-9-5-4-8-15(16)12-17(21)20(24)25;1-12(2,3)20-11(18)16-14-6-13(7-14,8-14)5-9(15)10(17)19-4/h5-13,25-26H,14-21H2,1-4H3,(H,35,40)(H,36,42);1-9,17H,10-13H2,(H,24,25);9H,5-8,15H2,1-4H3,(H,16,18)/t25?,26-,33?,34?;17-;/m00./s1. The molecule has 0 saturated heterocycles. The number of ether oxygens (including phenoxy) is 4. The molecule has 0 spiro atoms. The van der Waals surface area contributed by atoms with E-state index in [1.807, 2.05) is 102 Å². The van der Waals surface area contributed by atoms with Gasteiger partial charge in [0.1, 0.15) is 35.4 Å². The summed E-state index contributed by atoms with van der Waals surface area (Å²) in [6.07, 6.45) is 5.47. The zero-order valence-electron chi connectivity index (χ0n) is 52.1. The molecule has 89 heavy (non-hydrogen) atoms. The van der Waals surface area contributed by atoms with Gasteiger partial charge in [0.25, 0.3) is 0 Å². The Morgan fingerprint density at radius 1 is 0.528 bits per heavy atom. The summed E-state index contributed by atoms with van der Waals surface area (Å²) >= 11 is 0. The first-order valence-electron chi connectivity index (χ1n) is 30.3. The first-order valence-corrected chi connectivity index (χ1v) is 30.3. The number of hydrogen-bond donors (Lipinski definition) is 5. The van der Waals surface area contributed by atoms with Gasteiger partial charge in [0, 0.05) is 73.8 Å². The fourth-order valence-electron chi connectivity index (χ4n) is 13.8. The lowest BCUT2D eigenvalue weighted by Crippen LogP contribution is -2.76. The molecule has 2 heterocycles. The zero-order chi connectivity index (χ0) is 64.7. The molecule has 21 heteroatoms. The fourth-order valence-corrected chi connectivity index (χ4v) is 13.8. The highest BCUT2D eigenvalue weighted by atomic mass is 16.6. The van der Waals surface area contributed by atoms with Gasteiger partial charge in [-0.1, -0.05) is 109 Å². The number of alkyl carbamates (subject to hydrolysis) is 2. The number of nitrogens with zero attached hydrogens (tertiary/aromatic N) is 2. The summed E-state index contributed by atoms with van der Waals surface area (Å²) < 4.78 is 20.3. The van der Waals surface area contributed by atoms with Crippen LogP contribution < -0.4 is 21.7 Å². The van der Waals surface area contributed by atoms with Gasteiger partial charge in [0.05, 0.1) is 14.2 Å². The van der Waals surface area contributed by atoms with E-state index in [1.165, 1.54) is 24.0 Å². The van der Waals surface area contributed by atoms with Crippen LogP contribution in [0.2, 0.25) is 0 Å². The minimum absolute atomic E-state index is 0.0136. The lowest BCUT2D eigenvalue weighted by molar-refractivity contribution is -0.171. The molecular weight excluding hydrogens is 1140 g/mol. The third kappa shape index (κ3) is 16.6. The quantitative estimate of drug-likeness (QED) is 0.0336. The van der Waals surface area contributed by atoms with E-state index >= 15 is 0 Å². The van der Waals surface area contributed by atoms with Gasteiger partial charge in [0.15, 0.2) is 11.6 Å². The van der Waals surface area contributed by atoms with Crippen molar-refractivity contribution in [1.82, 2.24) is 25.8 Å². The highest BCUT2D eigenvalue weighted by molar-refractivity contribution is 5.99. The van der Waals surface area contributed by atoms with E-state index in [4.69, 9.17) is 19.9 Å². The number of aliphatic carboxylic acids is 1. The summed E-state index contributed by atoms with van der Waals surface area (Å²) in [4.78, 5) is 127.